The molecule has 2 N–H and O–H groups in total. The smallest absolute Gasteiger partial charge is 0.208 e. The zero-order valence-corrected chi connectivity index (χ0v) is 12.1. The molecule has 0 aromatic carbocycles. The molecule has 0 spiro atoms. The van der Waals surface area contributed by atoms with Crippen LogP contribution in [-0.4, -0.2) is 26.3 Å². The summed E-state index contributed by atoms with van der Waals surface area (Å²) in [6, 6.07) is 5.43. The van der Waals surface area contributed by atoms with E-state index in [1.54, 1.807) is 12.1 Å². The van der Waals surface area contributed by atoms with Crippen LogP contribution in [0.4, 0.5) is 0 Å². The normalized spacial score (nSPS) is 15.4. The lowest BCUT2D eigenvalue weighted by Gasteiger charge is -2.26. The van der Waals surface area contributed by atoms with Gasteiger partial charge in [-0.1, -0.05) is 6.07 Å². The highest BCUT2D eigenvalue weighted by molar-refractivity contribution is 7.88. The molecular weight excluding hydrogens is 290 g/mol. The van der Waals surface area contributed by atoms with Gasteiger partial charge < -0.3 is 5.11 Å². The molecule has 0 aliphatic carbocycles. The second kappa shape index (κ2) is 5.10. The van der Waals surface area contributed by atoms with Gasteiger partial charge in [-0.15, -0.1) is 11.3 Å². The molecule has 0 aliphatic rings. The van der Waals surface area contributed by atoms with E-state index >= 15 is 0 Å². The van der Waals surface area contributed by atoms with Gasteiger partial charge in [0.15, 0.2) is 0 Å². The summed E-state index contributed by atoms with van der Waals surface area (Å²) >= 11 is 2.86. The summed E-state index contributed by atoms with van der Waals surface area (Å²) in [5, 5.41) is 16.3. The SMILES string of the molecule is CS(=O)(=O)NC[C@@](O)(c1ccsc1)c1cccs1. The number of hydrogen-bond acceptors (Lipinski definition) is 5. The summed E-state index contributed by atoms with van der Waals surface area (Å²) in [7, 11) is -3.34. The summed E-state index contributed by atoms with van der Waals surface area (Å²) in [5.74, 6) is 0. The molecule has 0 bridgehead atoms. The molecule has 2 rings (SSSR count). The van der Waals surface area contributed by atoms with Crippen LogP contribution < -0.4 is 4.72 Å². The maximum Gasteiger partial charge on any atom is 0.208 e. The van der Waals surface area contributed by atoms with E-state index in [-0.39, 0.29) is 6.54 Å². The number of aliphatic hydroxyl groups is 1. The van der Waals surface area contributed by atoms with Crippen LogP contribution in [0.1, 0.15) is 10.4 Å². The Morgan fingerprint density at radius 3 is 2.67 bits per heavy atom. The van der Waals surface area contributed by atoms with Gasteiger partial charge in [0.05, 0.1) is 6.26 Å². The van der Waals surface area contributed by atoms with Crippen molar-refractivity contribution in [2.24, 2.45) is 0 Å². The van der Waals surface area contributed by atoms with Crippen molar-refractivity contribution < 1.29 is 13.5 Å². The van der Waals surface area contributed by atoms with E-state index < -0.39 is 15.6 Å². The predicted octanol–water partition coefficient (Wildman–Crippen LogP) is 1.59. The van der Waals surface area contributed by atoms with E-state index in [1.807, 2.05) is 22.2 Å². The van der Waals surface area contributed by atoms with Crippen molar-refractivity contribution in [3.8, 4) is 0 Å². The first kappa shape index (κ1) is 13.7. The maximum atomic E-state index is 11.2. The van der Waals surface area contributed by atoms with Crippen LogP contribution in [0.5, 0.6) is 0 Å². The van der Waals surface area contributed by atoms with Crippen molar-refractivity contribution in [3.63, 3.8) is 0 Å². The molecule has 0 saturated carbocycles. The van der Waals surface area contributed by atoms with Crippen molar-refractivity contribution in [3.05, 3.63) is 44.8 Å². The highest BCUT2D eigenvalue weighted by Gasteiger charge is 2.33. The summed E-state index contributed by atoms with van der Waals surface area (Å²) in [5.41, 5.74) is -0.608. The number of sulfonamides is 1. The third kappa shape index (κ3) is 2.99. The van der Waals surface area contributed by atoms with Crippen LogP contribution in [0.25, 0.3) is 0 Å². The van der Waals surface area contributed by atoms with Gasteiger partial charge in [-0.3, -0.25) is 0 Å². The maximum absolute atomic E-state index is 11.2. The Labute approximate surface area is 114 Å². The van der Waals surface area contributed by atoms with E-state index in [1.165, 1.54) is 22.7 Å². The third-order valence-corrected chi connectivity index (χ3v) is 4.89. The molecule has 2 heterocycles. The number of nitrogens with one attached hydrogen (secondary N) is 1. The van der Waals surface area contributed by atoms with Gasteiger partial charge in [0.2, 0.25) is 10.0 Å². The summed E-state index contributed by atoms with van der Waals surface area (Å²) in [6.45, 7) is -0.0664. The van der Waals surface area contributed by atoms with Gasteiger partial charge in [-0.25, -0.2) is 13.1 Å². The van der Waals surface area contributed by atoms with E-state index in [2.05, 4.69) is 4.72 Å². The molecule has 0 amide bonds. The number of rotatable bonds is 5. The van der Waals surface area contributed by atoms with E-state index in [4.69, 9.17) is 0 Å². The fourth-order valence-corrected chi connectivity index (χ4v) is 3.62. The monoisotopic (exact) mass is 303 g/mol. The molecule has 0 unspecified atom stereocenters. The van der Waals surface area contributed by atoms with Crippen LogP contribution in [0, 0.1) is 0 Å². The molecule has 2 aromatic heterocycles. The van der Waals surface area contributed by atoms with Crippen LogP contribution >= 0.6 is 22.7 Å². The van der Waals surface area contributed by atoms with Crippen LogP contribution in [0.2, 0.25) is 0 Å². The largest absolute Gasteiger partial charge is 0.378 e. The van der Waals surface area contributed by atoms with Crippen LogP contribution in [-0.2, 0) is 15.6 Å². The molecule has 0 saturated heterocycles. The fraction of sp³-hybridized carbons (Fsp3) is 0.273. The lowest BCUT2D eigenvalue weighted by molar-refractivity contribution is 0.0904. The molecule has 0 fully saturated rings. The number of thiophene rings is 2. The zero-order chi connectivity index (χ0) is 13.2. The Morgan fingerprint density at radius 2 is 2.17 bits per heavy atom. The van der Waals surface area contributed by atoms with Crippen molar-refractivity contribution in [2.45, 2.75) is 5.60 Å². The number of hydrogen-bond donors (Lipinski definition) is 2. The van der Waals surface area contributed by atoms with Crippen LogP contribution in [0.3, 0.4) is 0 Å². The lowest BCUT2D eigenvalue weighted by atomic mass is 9.95. The predicted molar refractivity (Wildman–Crippen MR) is 74.5 cm³/mol. The van der Waals surface area contributed by atoms with Crippen molar-refractivity contribution >= 4 is 32.7 Å². The van der Waals surface area contributed by atoms with E-state index in [9.17, 15) is 13.5 Å². The molecule has 7 heteroatoms. The van der Waals surface area contributed by atoms with Gasteiger partial charge in [0.1, 0.15) is 5.60 Å². The molecule has 1 atom stereocenters. The molecule has 2 aromatic rings. The molecule has 4 nitrogen and oxygen atoms in total. The topological polar surface area (TPSA) is 66.4 Å². The Hall–Kier alpha value is -0.730. The molecule has 0 radical (unpaired) electrons. The Bertz CT molecular complexity index is 553. The van der Waals surface area contributed by atoms with Gasteiger partial charge in [-0.2, -0.15) is 11.3 Å². The van der Waals surface area contributed by atoms with Crippen molar-refractivity contribution in [2.75, 3.05) is 12.8 Å². The quantitative estimate of drug-likeness (QED) is 0.881. The highest BCUT2D eigenvalue weighted by atomic mass is 32.2. The first-order valence-corrected chi connectivity index (χ1v) is 8.87. The Kier molecular flexibility index (Phi) is 3.88. The van der Waals surface area contributed by atoms with E-state index in [0.717, 1.165) is 11.1 Å². The Morgan fingerprint density at radius 1 is 1.39 bits per heavy atom. The average Bonchev–Trinajstić information content (AvgIpc) is 2.97. The molecule has 98 valence electrons. The minimum absolute atomic E-state index is 0.0664. The van der Waals surface area contributed by atoms with Gasteiger partial charge in [0, 0.05) is 17.0 Å². The molecular formula is C11H13NO3S3. The molecule has 18 heavy (non-hydrogen) atoms. The summed E-state index contributed by atoms with van der Waals surface area (Å²) in [4.78, 5) is 0.719. The minimum atomic E-state index is -3.34. The average molecular weight is 303 g/mol. The van der Waals surface area contributed by atoms with Crippen molar-refractivity contribution in [1.82, 2.24) is 4.72 Å². The first-order valence-electron chi connectivity index (χ1n) is 5.15. The van der Waals surface area contributed by atoms with Crippen molar-refractivity contribution in [1.29, 1.82) is 0 Å². The van der Waals surface area contributed by atoms with Gasteiger partial charge in [-0.05, 0) is 28.3 Å². The summed E-state index contributed by atoms with van der Waals surface area (Å²) < 4.78 is 24.8. The highest BCUT2D eigenvalue weighted by Crippen LogP contribution is 2.33. The van der Waals surface area contributed by atoms with E-state index in [0.29, 0.717) is 5.56 Å². The van der Waals surface area contributed by atoms with Crippen LogP contribution in [0.15, 0.2) is 34.3 Å². The molecule has 0 aliphatic heterocycles. The lowest BCUT2D eigenvalue weighted by Crippen LogP contribution is -2.40. The standard InChI is InChI=1S/C11H13NO3S3/c1-18(14,15)12-8-11(13,9-4-6-16-7-9)10-3-2-5-17-10/h2-7,12-13H,8H2,1H3/t11-/m1/s1. The second-order valence-electron chi connectivity index (χ2n) is 3.94. The third-order valence-electron chi connectivity index (χ3n) is 2.52. The second-order valence-corrected chi connectivity index (χ2v) is 7.50. The first-order chi connectivity index (χ1) is 8.42. The fourth-order valence-electron chi connectivity index (χ4n) is 1.58. The van der Waals surface area contributed by atoms with Gasteiger partial charge in [0.25, 0.3) is 0 Å². The summed E-state index contributed by atoms with van der Waals surface area (Å²) in [6.07, 6.45) is 1.08. The van der Waals surface area contributed by atoms with Gasteiger partial charge >= 0.3 is 0 Å². The minimum Gasteiger partial charge on any atom is -0.378 e. The Balaban J connectivity index is 2.35. The zero-order valence-electron chi connectivity index (χ0n) is 9.66.